The summed E-state index contributed by atoms with van der Waals surface area (Å²) < 4.78 is 19.2. The third kappa shape index (κ3) is 3.66. The second kappa shape index (κ2) is 7.09. The van der Waals surface area contributed by atoms with Gasteiger partial charge in [-0.3, -0.25) is 11.3 Å². The van der Waals surface area contributed by atoms with Crippen molar-refractivity contribution in [3.05, 3.63) is 63.4 Å². The van der Waals surface area contributed by atoms with Crippen LogP contribution in [0.15, 0.2) is 36.4 Å². The van der Waals surface area contributed by atoms with Gasteiger partial charge in [0.15, 0.2) is 11.6 Å². The maximum absolute atomic E-state index is 14.2. The van der Waals surface area contributed by atoms with Crippen LogP contribution in [0.25, 0.3) is 0 Å². The highest BCUT2D eigenvalue weighted by molar-refractivity contribution is 6.35. The summed E-state index contributed by atoms with van der Waals surface area (Å²) in [6, 6.07) is 9.77. The van der Waals surface area contributed by atoms with E-state index in [1.165, 1.54) is 7.11 Å². The Labute approximate surface area is 132 Å². The van der Waals surface area contributed by atoms with Gasteiger partial charge in [0.25, 0.3) is 0 Å². The van der Waals surface area contributed by atoms with Crippen LogP contribution in [0.4, 0.5) is 4.39 Å². The Hall–Kier alpha value is -1.33. The number of nitrogens with two attached hydrogens (primary N) is 1. The first-order valence-corrected chi connectivity index (χ1v) is 7.05. The van der Waals surface area contributed by atoms with Gasteiger partial charge in [-0.1, -0.05) is 41.4 Å². The predicted octanol–water partition coefficient (Wildman–Crippen LogP) is 3.89. The molecule has 6 heteroatoms. The highest BCUT2D eigenvalue weighted by Crippen LogP contribution is 2.30. The van der Waals surface area contributed by atoms with Crippen LogP contribution in [0, 0.1) is 5.82 Å². The third-order valence-corrected chi connectivity index (χ3v) is 3.79. The SMILES string of the molecule is COc1cccc(CC(NN)c2ccc(Cl)cc2Cl)c1F. The van der Waals surface area contributed by atoms with Gasteiger partial charge in [-0.05, 0) is 35.7 Å². The van der Waals surface area contributed by atoms with Crippen molar-refractivity contribution in [3.63, 3.8) is 0 Å². The lowest BCUT2D eigenvalue weighted by molar-refractivity contribution is 0.382. The Bertz CT molecular complexity index is 637. The normalized spacial score (nSPS) is 12.2. The molecule has 2 aromatic carbocycles. The average molecular weight is 329 g/mol. The van der Waals surface area contributed by atoms with E-state index >= 15 is 0 Å². The van der Waals surface area contributed by atoms with Crippen molar-refractivity contribution < 1.29 is 9.13 Å². The molecule has 0 aliphatic carbocycles. The predicted molar refractivity (Wildman–Crippen MR) is 83.2 cm³/mol. The number of hydrogen-bond donors (Lipinski definition) is 2. The van der Waals surface area contributed by atoms with Crippen LogP contribution in [0.3, 0.4) is 0 Å². The molecule has 2 rings (SSSR count). The molecular weight excluding hydrogens is 314 g/mol. The zero-order chi connectivity index (χ0) is 15.4. The van der Waals surface area contributed by atoms with E-state index in [1.807, 2.05) is 0 Å². The van der Waals surface area contributed by atoms with E-state index in [1.54, 1.807) is 36.4 Å². The molecule has 0 aliphatic heterocycles. The maximum Gasteiger partial charge on any atom is 0.168 e. The molecule has 1 unspecified atom stereocenters. The number of hydrogen-bond acceptors (Lipinski definition) is 3. The summed E-state index contributed by atoms with van der Waals surface area (Å²) in [7, 11) is 1.43. The number of hydrazine groups is 1. The molecule has 3 nitrogen and oxygen atoms in total. The molecule has 0 aliphatic rings. The van der Waals surface area contributed by atoms with Gasteiger partial charge in [0.2, 0.25) is 0 Å². The second-order valence-electron chi connectivity index (χ2n) is 4.52. The van der Waals surface area contributed by atoms with Crippen molar-refractivity contribution in [3.8, 4) is 5.75 Å². The van der Waals surface area contributed by atoms with E-state index in [4.69, 9.17) is 33.8 Å². The first kappa shape index (κ1) is 16.0. The number of rotatable bonds is 5. The first-order valence-electron chi connectivity index (χ1n) is 6.29. The summed E-state index contributed by atoms with van der Waals surface area (Å²) >= 11 is 12.0. The minimum absolute atomic E-state index is 0.200. The fraction of sp³-hybridized carbons (Fsp3) is 0.200. The molecule has 0 heterocycles. The van der Waals surface area contributed by atoms with Gasteiger partial charge >= 0.3 is 0 Å². The topological polar surface area (TPSA) is 47.3 Å². The second-order valence-corrected chi connectivity index (χ2v) is 5.37. The fourth-order valence-electron chi connectivity index (χ4n) is 2.13. The van der Waals surface area contributed by atoms with Crippen LogP contribution in [0.2, 0.25) is 10.0 Å². The maximum atomic E-state index is 14.2. The molecule has 1 atom stereocenters. The summed E-state index contributed by atoms with van der Waals surface area (Å²) in [5.74, 6) is 5.39. The van der Waals surface area contributed by atoms with Crippen LogP contribution < -0.4 is 16.0 Å². The zero-order valence-electron chi connectivity index (χ0n) is 11.4. The number of halogens is 3. The molecule has 0 spiro atoms. The standard InChI is InChI=1S/C15H15Cl2FN2O/c1-21-14-4-2-3-9(15(14)18)7-13(20-19)11-6-5-10(16)8-12(11)17/h2-6,8,13,20H,7,19H2,1H3. The van der Waals surface area contributed by atoms with E-state index in [-0.39, 0.29) is 11.8 Å². The van der Waals surface area contributed by atoms with Gasteiger partial charge in [-0.25, -0.2) is 4.39 Å². The monoisotopic (exact) mass is 328 g/mol. The van der Waals surface area contributed by atoms with E-state index in [9.17, 15) is 4.39 Å². The van der Waals surface area contributed by atoms with Crippen molar-refractivity contribution in [2.24, 2.45) is 5.84 Å². The smallest absolute Gasteiger partial charge is 0.168 e. The van der Waals surface area contributed by atoms with Gasteiger partial charge in [0.05, 0.1) is 13.2 Å². The molecule has 21 heavy (non-hydrogen) atoms. The van der Waals surface area contributed by atoms with Crippen LogP contribution >= 0.6 is 23.2 Å². The number of benzene rings is 2. The largest absolute Gasteiger partial charge is 0.494 e. The van der Waals surface area contributed by atoms with Crippen molar-refractivity contribution >= 4 is 23.2 Å². The van der Waals surface area contributed by atoms with Gasteiger partial charge in [0, 0.05) is 10.0 Å². The molecule has 112 valence electrons. The summed E-state index contributed by atoms with van der Waals surface area (Å²) in [6.07, 6.45) is 0.334. The van der Waals surface area contributed by atoms with E-state index in [0.717, 1.165) is 5.56 Å². The number of ether oxygens (including phenoxy) is 1. The van der Waals surface area contributed by atoms with Crippen LogP contribution in [0.1, 0.15) is 17.2 Å². The van der Waals surface area contributed by atoms with Crippen LogP contribution in [-0.2, 0) is 6.42 Å². The molecule has 3 N–H and O–H groups in total. The minimum Gasteiger partial charge on any atom is -0.494 e. The molecular formula is C15H15Cl2FN2O. The third-order valence-electron chi connectivity index (χ3n) is 3.23. The Morgan fingerprint density at radius 2 is 2.05 bits per heavy atom. The van der Waals surface area contributed by atoms with Crippen LogP contribution in [-0.4, -0.2) is 7.11 Å². The number of nitrogens with one attached hydrogen (secondary N) is 1. The molecule has 2 aromatic rings. The molecule has 0 radical (unpaired) electrons. The Morgan fingerprint density at radius 3 is 2.67 bits per heavy atom. The Morgan fingerprint density at radius 1 is 1.29 bits per heavy atom. The lowest BCUT2D eigenvalue weighted by Gasteiger charge is -2.19. The van der Waals surface area contributed by atoms with Crippen molar-refractivity contribution in [2.75, 3.05) is 7.11 Å². The molecule has 0 fully saturated rings. The van der Waals surface area contributed by atoms with Crippen molar-refractivity contribution in [2.45, 2.75) is 12.5 Å². The van der Waals surface area contributed by atoms with E-state index in [0.29, 0.717) is 22.0 Å². The van der Waals surface area contributed by atoms with Gasteiger partial charge in [0.1, 0.15) is 0 Å². The zero-order valence-corrected chi connectivity index (χ0v) is 12.9. The lowest BCUT2D eigenvalue weighted by atomic mass is 9.98. The highest BCUT2D eigenvalue weighted by Gasteiger charge is 2.18. The highest BCUT2D eigenvalue weighted by atomic mass is 35.5. The molecule has 0 bridgehead atoms. The summed E-state index contributed by atoms with van der Waals surface area (Å²) in [4.78, 5) is 0. The summed E-state index contributed by atoms with van der Waals surface area (Å²) in [6.45, 7) is 0. The average Bonchev–Trinajstić information content (AvgIpc) is 2.47. The Kier molecular flexibility index (Phi) is 5.42. The molecule has 0 aromatic heterocycles. The summed E-state index contributed by atoms with van der Waals surface area (Å²) in [5, 5.41) is 1.01. The molecule has 0 saturated carbocycles. The minimum atomic E-state index is -0.398. The molecule has 0 saturated heterocycles. The van der Waals surface area contributed by atoms with Gasteiger partial charge in [-0.15, -0.1) is 0 Å². The van der Waals surface area contributed by atoms with E-state index in [2.05, 4.69) is 5.43 Å². The van der Waals surface area contributed by atoms with Crippen molar-refractivity contribution in [1.82, 2.24) is 5.43 Å². The fourth-order valence-corrected chi connectivity index (χ4v) is 2.67. The lowest BCUT2D eigenvalue weighted by Crippen LogP contribution is -2.30. The quantitative estimate of drug-likeness (QED) is 0.646. The number of methoxy groups -OCH3 is 1. The van der Waals surface area contributed by atoms with Gasteiger partial charge in [-0.2, -0.15) is 0 Å². The summed E-state index contributed by atoms with van der Waals surface area (Å²) in [5.41, 5.74) is 3.90. The first-order chi connectivity index (χ1) is 10.1. The van der Waals surface area contributed by atoms with Crippen molar-refractivity contribution in [1.29, 1.82) is 0 Å². The molecule has 0 amide bonds. The van der Waals surface area contributed by atoms with Gasteiger partial charge < -0.3 is 4.74 Å². The Balaban J connectivity index is 2.31. The van der Waals surface area contributed by atoms with Crippen LogP contribution in [0.5, 0.6) is 5.75 Å². The van der Waals surface area contributed by atoms with E-state index < -0.39 is 5.82 Å².